The van der Waals surface area contributed by atoms with Crippen LogP contribution in [-0.2, 0) is 0 Å². The van der Waals surface area contributed by atoms with Crippen molar-refractivity contribution in [2.75, 3.05) is 0 Å². The second-order valence-corrected chi connectivity index (χ2v) is 4.03. The van der Waals surface area contributed by atoms with Gasteiger partial charge < -0.3 is 0 Å². The molecule has 0 saturated heterocycles. The fourth-order valence-electron chi connectivity index (χ4n) is 1.63. The Morgan fingerprint density at radius 2 is 1.93 bits per heavy atom. The smallest absolute Gasteiger partial charge is 0.0190 e. The van der Waals surface area contributed by atoms with Crippen LogP contribution < -0.4 is 0 Å². The van der Waals surface area contributed by atoms with Gasteiger partial charge in [0.25, 0.3) is 0 Å². The predicted molar refractivity (Wildman–Crippen MR) is 63.6 cm³/mol. The molecule has 0 bridgehead atoms. The van der Waals surface area contributed by atoms with Gasteiger partial charge in [-0.1, -0.05) is 42.8 Å². The van der Waals surface area contributed by atoms with E-state index in [1.54, 1.807) is 0 Å². The van der Waals surface area contributed by atoms with Gasteiger partial charge in [0.1, 0.15) is 0 Å². The van der Waals surface area contributed by atoms with E-state index in [0.717, 1.165) is 6.42 Å². The van der Waals surface area contributed by atoms with Gasteiger partial charge in [0.2, 0.25) is 0 Å². The summed E-state index contributed by atoms with van der Waals surface area (Å²) in [6, 6.07) is 8.88. The largest absolute Gasteiger partial charge is 0.103 e. The standard InChI is InChI=1S/C14H20/c1-4-5-6-7-13(3)14-10-8-12(2)9-11-14/h4,8-11,13H,1,5-7H2,2-3H3/t13-/m1/s1. The van der Waals surface area contributed by atoms with Gasteiger partial charge in [-0.25, -0.2) is 0 Å². The van der Waals surface area contributed by atoms with Crippen LogP contribution in [0.2, 0.25) is 0 Å². The van der Waals surface area contributed by atoms with Crippen LogP contribution in [0.15, 0.2) is 36.9 Å². The molecule has 0 N–H and O–H groups in total. The topological polar surface area (TPSA) is 0 Å². The first-order chi connectivity index (χ1) is 6.74. The highest BCUT2D eigenvalue weighted by molar-refractivity contribution is 5.23. The van der Waals surface area contributed by atoms with E-state index in [1.165, 1.54) is 24.0 Å². The van der Waals surface area contributed by atoms with Gasteiger partial charge in [0.05, 0.1) is 0 Å². The first-order valence-corrected chi connectivity index (χ1v) is 5.41. The van der Waals surface area contributed by atoms with Gasteiger partial charge >= 0.3 is 0 Å². The molecule has 0 aromatic heterocycles. The van der Waals surface area contributed by atoms with Crippen molar-refractivity contribution in [3.05, 3.63) is 48.0 Å². The molecule has 1 aromatic rings. The molecule has 0 amide bonds. The lowest BCUT2D eigenvalue weighted by Gasteiger charge is -2.11. The van der Waals surface area contributed by atoms with E-state index >= 15 is 0 Å². The second-order valence-electron chi connectivity index (χ2n) is 4.03. The van der Waals surface area contributed by atoms with Crippen molar-refractivity contribution in [3.63, 3.8) is 0 Å². The molecule has 0 aliphatic carbocycles. The number of hydrogen-bond donors (Lipinski definition) is 0. The normalized spacial score (nSPS) is 12.4. The maximum Gasteiger partial charge on any atom is -0.0190 e. The lowest BCUT2D eigenvalue weighted by atomic mass is 9.95. The van der Waals surface area contributed by atoms with Gasteiger partial charge in [-0.3, -0.25) is 0 Å². The molecule has 0 heteroatoms. The number of allylic oxidation sites excluding steroid dienone is 1. The molecule has 0 aliphatic rings. The zero-order valence-electron chi connectivity index (χ0n) is 9.29. The summed E-state index contributed by atoms with van der Waals surface area (Å²) < 4.78 is 0. The Morgan fingerprint density at radius 3 is 2.50 bits per heavy atom. The Labute approximate surface area is 87.7 Å². The number of aryl methyl sites for hydroxylation is 1. The minimum Gasteiger partial charge on any atom is -0.103 e. The van der Waals surface area contributed by atoms with E-state index in [2.05, 4.69) is 44.7 Å². The maximum absolute atomic E-state index is 3.74. The lowest BCUT2D eigenvalue weighted by Crippen LogP contribution is -1.93. The third-order valence-electron chi connectivity index (χ3n) is 2.69. The Balaban J connectivity index is 2.47. The maximum atomic E-state index is 3.74. The number of hydrogen-bond acceptors (Lipinski definition) is 0. The van der Waals surface area contributed by atoms with Crippen molar-refractivity contribution in [2.24, 2.45) is 0 Å². The van der Waals surface area contributed by atoms with E-state index in [1.807, 2.05) is 6.08 Å². The summed E-state index contributed by atoms with van der Waals surface area (Å²) in [7, 11) is 0. The predicted octanol–water partition coefficient (Wildman–Crippen LogP) is 4.45. The van der Waals surface area contributed by atoms with Gasteiger partial charge in [-0.15, -0.1) is 6.58 Å². The Hall–Kier alpha value is -1.04. The average Bonchev–Trinajstić information content (AvgIpc) is 2.19. The third kappa shape index (κ3) is 3.37. The molecule has 0 aliphatic heterocycles. The average molecular weight is 188 g/mol. The molecule has 0 heterocycles. The molecule has 1 atom stereocenters. The van der Waals surface area contributed by atoms with Gasteiger partial charge in [0, 0.05) is 0 Å². The number of unbranched alkanes of at least 4 members (excludes halogenated alkanes) is 1. The fourth-order valence-corrected chi connectivity index (χ4v) is 1.63. The molecule has 0 unspecified atom stereocenters. The second kappa shape index (κ2) is 5.64. The zero-order chi connectivity index (χ0) is 10.4. The van der Waals surface area contributed by atoms with Crippen LogP contribution >= 0.6 is 0 Å². The van der Waals surface area contributed by atoms with E-state index in [4.69, 9.17) is 0 Å². The van der Waals surface area contributed by atoms with Crippen LogP contribution in [0.1, 0.15) is 43.2 Å². The molecule has 76 valence electrons. The summed E-state index contributed by atoms with van der Waals surface area (Å²) in [4.78, 5) is 0. The van der Waals surface area contributed by atoms with E-state index in [9.17, 15) is 0 Å². The number of benzene rings is 1. The van der Waals surface area contributed by atoms with E-state index in [0.29, 0.717) is 5.92 Å². The highest BCUT2D eigenvalue weighted by atomic mass is 14.1. The molecule has 0 nitrogen and oxygen atoms in total. The summed E-state index contributed by atoms with van der Waals surface area (Å²) in [6.45, 7) is 8.17. The molecule has 0 spiro atoms. The van der Waals surface area contributed by atoms with Gasteiger partial charge in [-0.2, -0.15) is 0 Å². The third-order valence-corrected chi connectivity index (χ3v) is 2.69. The molecular weight excluding hydrogens is 168 g/mol. The highest BCUT2D eigenvalue weighted by Crippen LogP contribution is 2.21. The van der Waals surface area contributed by atoms with Crippen LogP contribution in [0.4, 0.5) is 0 Å². The minimum atomic E-state index is 0.676. The zero-order valence-corrected chi connectivity index (χ0v) is 9.29. The molecule has 1 rings (SSSR count). The van der Waals surface area contributed by atoms with Crippen molar-refractivity contribution in [3.8, 4) is 0 Å². The molecule has 0 radical (unpaired) electrons. The van der Waals surface area contributed by atoms with Crippen LogP contribution in [0.25, 0.3) is 0 Å². The summed E-state index contributed by atoms with van der Waals surface area (Å²) in [5.74, 6) is 0.676. The van der Waals surface area contributed by atoms with Crippen molar-refractivity contribution in [1.29, 1.82) is 0 Å². The highest BCUT2D eigenvalue weighted by Gasteiger charge is 2.03. The van der Waals surface area contributed by atoms with Crippen LogP contribution in [0, 0.1) is 6.92 Å². The van der Waals surface area contributed by atoms with Crippen molar-refractivity contribution in [2.45, 2.75) is 39.0 Å². The van der Waals surface area contributed by atoms with Gasteiger partial charge in [-0.05, 0) is 37.7 Å². The Bertz CT molecular complexity index is 269. The van der Waals surface area contributed by atoms with Crippen molar-refractivity contribution in [1.82, 2.24) is 0 Å². The molecular formula is C14H20. The monoisotopic (exact) mass is 188 g/mol. The fraction of sp³-hybridized carbons (Fsp3) is 0.429. The quantitative estimate of drug-likeness (QED) is 0.473. The summed E-state index contributed by atoms with van der Waals surface area (Å²) in [5, 5.41) is 0. The Kier molecular flexibility index (Phi) is 4.45. The summed E-state index contributed by atoms with van der Waals surface area (Å²) in [5.41, 5.74) is 2.80. The van der Waals surface area contributed by atoms with Crippen LogP contribution in [-0.4, -0.2) is 0 Å². The van der Waals surface area contributed by atoms with Crippen molar-refractivity contribution < 1.29 is 0 Å². The molecule has 0 saturated carbocycles. The van der Waals surface area contributed by atoms with Crippen LogP contribution in [0.5, 0.6) is 0 Å². The minimum absolute atomic E-state index is 0.676. The summed E-state index contributed by atoms with van der Waals surface area (Å²) >= 11 is 0. The van der Waals surface area contributed by atoms with Gasteiger partial charge in [0.15, 0.2) is 0 Å². The molecule has 0 fully saturated rings. The first-order valence-electron chi connectivity index (χ1n) is 5.41. The van der Waals surface area contributed by atoms with E-state index < -0.39 is 0 Å². The molecule has 14 heavy (non-hydrogen) atoms. The summed E-state index contributed by atoms with van der Waals surface area (Å²) in [6.07, 6.45) is 5.64. The van der Waals surface area contributed by atoms with Crippen LogP contribution in [0.3, 0.4) is 0 Å². The van der Waals surface area contributed by atoms with E-state index in [-0.39, 0.29) is 0 Å². The Morgan fingerprint density at radius 1 is 1.29 bits per heavy atom. The first kappa shape index (κ1) is 11.0. The van der Waals surface area contributed by atoms with Crippen molar-refractivity contribution >= 4 is 0 Å². The SMILES string of the molecule is C=CCCC[C@@H](C)c1ccc(C)cc1. The number of rotatable bonds is 5. The molecule has 1 aromatic carbocycles. The lowest BCUT2D eigenvalue weighted by molar-refractivity contribution is 0.640.